The number of carbonyl (C=O) groups excluding carboxylic acids is 1. The van der Waals surface area contributed by atoms with Gasteiger partial charge in [0.2, 0.25) is 0 Å². The SMILES string of the molecule is CCc1noc(C)c1NC(=O)N1CCC2CCCCC21. The molecule has 2 unspecified atom stereocenters. The second-order valence-corrected chi connectivity index (χ2v) is 5.94. The molecule has 1 aliphatic carbocycles. The summed E-state index contributed by atoms with van der Waals surface area (Å²) < 4.78 is 5.17. The van der Waals surface area contributed by atoms with E-state index in [1.807, 2.05) is 18.7 Å². The van der Waals surface area contributed by atoms with Crippen LogP contribution in [0.5, 0.6) is 0 Å². The van der Waals surface area contributed by atoms with Gasteiger partial charge in [-0.25, -0.2) is 4.79 Å². The van der Waals surface area contributed by atoms with Gasteiger partial charge < -0.3 is 14.7 Å². The van der Waals surface area contributed by atoms with Crippen LogP contribution in [0.4, 0.5) is 10.5 Å². The van der Waals surface area contributed by atoms with E-state index in [4.69, 9.17) is 4.52 Å². The predicted molar refractivity (Wildman–Crippen MR) is 76.7 cm³/mol. The van der Waals surface area contributed by atoms with Crippen molar-refractivity contribution in [3.63, 3.8) is 0 Å². The molecule has 1 aromatic heterocycles. The molecule has 2 amide bonds. The average Bonchev–Trinajstić information content (AvgIpc) is 3.03. The second kappa shape index (κ2) is 5.46. The molecule has 1 aromatic rings. The lowest BCUT2D eigenvalue weighted by atomic mass is 9.85. The van der Waals surface area contributed by atoms with Gasteiger partial charge in [0, 0.05) is 12.6 Å². The Morgan fingerprint density at radius 1 is 1.40 bits per heavy atom. The molecule has 2 heterocycles. The first kappa shape index (κ1) is 13.5. The molecular weight excluding hydrogens is 254 g/mol. The molecule has 1 aliphatic heterocycles. The Bertz CT molecular complexity index is 497. The Kier molecular flexibility index (Phi) is 3.68. The van der Waals surface area contributed by atoms with Gasteiger partial charge in [0.25, 0.3) is 0 Å². The minimum Gasteiger partial charge on any atom is -0.359 e. The standard InChI is InChI=1S/C15H23N3O2/c1-3-12-14(10(2)20-17-12)16-15(19)18-9-8-11-6-4-5-7-13(11)18/h11,13H,3-9H2,1-2H3,(H,16,19). The van der Waals surface area contributed by atoms with Gasteiger partial charge in [0.15, 0.2) is 5.76 Å². The third-order valence-electron chi connectivity index (χ3n) is 4.77. The van der Waals surface area contributed by atoms with E-state index in [0.29, 0.717) is 17.7 Å². The van der Waals surface area contributed by atoms with Crippen LogP contribution in [0.25, 0.3) is 0 Å². The Labute approximate surface area is 119 Å². The molecule has 1 N–H and O–H groups in total. The third kappa shape index (κ3) is 2.30. The van der Waals surface area contributed by atoms with Gasteiger partial charge in [-0.05, 0) is 38.5 Å². The van der Waals surface area contributed by atoms with Crippen LogP contribution >= 0.6 is 0 Å². The van der Waals surface area contributed by atoms with E-state index in [1.165, 1.54) is 19.3 Å². The van der Waals surface area contributed by atoms with Gasteiger partial charge in [0.05, 0.1) is 0 Å². The molecule has 3 rings (SSSR count). The number of rotatable bonds is 2. The minimum absolute atomic E-state index is 0.0143. The minimum atomic E-state index is 0.0143. The number of fused-ring (bicyclic) bond motifs is 1. The molecule has 0 aromatic carbocycles. The zero-order valence-corrected chi connectivity index (χ0v) is 12.3. The number of hydrogen-bond donors (Lipinski definition) is 1. The van der Waals surface area contributed by atoms with Crippen LogP contribution in [0.3, 0.4) is 0 Å². The third-order valence-corrected chi connectivity index (χ3v) is 4.77. The Morgan fingerprint density at radius 3 is 3.00 bits per heavy atom. The van der Waals surface area contributed by atoms with Crippen molar-refractivity contribution in [1.29, 1.82) is 0 Å². The van der Waals surface area contributed by atoms with E-state index < -0.39 is 0 Å². The lowest BCUT2D eigenvalue weighted by molar-refractivity contribution is 0.181. The van der Waals surface area contributed by atoms with Crippen molar-refractivity contribution in [2.45, 2.75) is 58.4 Å². The maximum Gasteiger partial charge on any atom is 0.322 e. The highest BCUT2D eigenvalue weighted by Crippen LogP contribution is 2.36. The van der Waals surface area contributed by atoms with E-state index >= 15 is 0 Å². The number of anilines is 1. The fourth-order valence-corrected chi connectivity index (χ4v) is 3.66. The Balaban J connectivity index is 1.71. The van der Waals surface area contributed by atoms with Crippen LogP contribution in [0.1, 0.15) is 50.5 Å². The van der Waals surface area contributed by atoms with Crippen molar-refractivity contribution in [3.05, 3.63) is 11.5 Å². The summed E-state index contributed by atoms with van der Waals surface area (Å²) in [6, 6.07) is 0.453. The quantitative estimate of drug-likeness (QED) is 0.902. The van der Waals surface area contributed by atoms with Gasteiger partial charge >= 0.3 is 6.03 Å². The number of aryl methyl sites for hydroxylation is 2. The summed E-state index contributed by atoms with van der Waals surface area (Å²) in [4.78, 5) is 14.6. The van der Waals surface area contributed by atoms with Crippen molar-refractivity contribution in [3.8, 4) is 0 Å². The zero-order chi connectivity index (χ0) is 14.1. The summed E-state index contributed by atoms with van der Waals surface area (Å²) in [5.41, 5.74) is 1.59. The van der Waals surface area contributed by atoms with Crippen LogP contribution < -0.4 is 5.32 Å². The molecule has 0 radical (unpaired) electrons. The maximum absolute atomic E-state index is 12.5. The van der Waals surface area contributed by atoms with Crippen LogP contribution in [-0.4, -0.2) is 28.7 Å². The van der Waals surface area contributed by atoms with Crippen LogP contribution in [-0.2, 0) is 6.42 Å². The van der Waals surface area contributed by atoms with E-state index in [-0.39, 0.29) is 6.03 Å². The molecule has 2 fully saturated rings. The monoisotopic (exact) mass is 277 g/mol. The number of nitrogens with zero attached hydrogens (tertiary/aromatic N) is 2. The summed E-state index contributed by atoms with van der Waals surface area (Å²) in [6.07, 6.45) is 6.92. The van der Waals surface area contributed by atoms with Gasteiger partial charge in [-0.2, -0.15) is 0 Å². The normalized spacial score (nSPS) is 25.6. The molecular formula is C15H23N3O2. The summed E-state index contributed by atoms with van der Waals surface area (Å²) >= 11 is 0. The molecule has 2 atom stereocenters. The average molecular weight is 277 g/mol. The Hall–Kier alpha value is -1.52. The van der Waals surface area contributed by atoms with Crippen LogP contribution in [0.15, 0.2) is 4.52 Å². The van der Waals surface area contributed by atoms with Crippen molar-refractivity contribution >= 4 is 11.7 Å². The number of nitrogens with one attached hydrogen (secondary N) is 1. The zero-order valence-electron chi connectivity index (χ0n) is 12.3. The molecule has 110 valence electrons. The van der Waals surface area contributed by atoms with Crippen molar-refractivity contribution in [1.82, 2.24) is 10.1 Å². The maximum atomic E-state index is 12.5. The van der Waals surface area contributed by atoms with Crippen molar-refractivity contribution in [2.24, 2.45) is 5.92 Å². The predicted octanol–water partition coefficient (Wildman–Crippen LogP) is 3.34. The van der Waals surface area contributed by atoms with E-state index in [1.54, 1.807) is 0 Å². The highest BCUT2D eigenvalue weighted by molar-refractivity contribution is 5.90. The lowest BCUT2D eigenvalue weighted by Crippen LogP contribution is -2.41. The highest BCUT2D eigenvalue weighted by atomic mass is 16.5. The smallest absolute Gasteiger partial charge is 0.322 e. The molecule has 1 saturated carbocycles. The summed E-state index contributed by atoms with van der Waals surface area (Å²) in [5, 5.41) is 7.00. The number of urea groups is 1. The van der Waals surface area contributed by atoms with Crippen molar-refractivity contribution < 1.29 is 9.32 Å². The number of hydrogen-bond acceptors (Lipinski definition) is 3. The number of likely N-dealkylation sites (tertiary alicyclic amines) is 1. The molecule has 5 heteroatoms. The van der Waals surface area contributed by atoms with Crippen molar-refractivity contribution in [2.75, 3.05) is 11.9 Å². The number of carbonyl (C=O) groups is 1. The first-order chi connectivity index (χ1) is 9.70. The van der Waals surface area contributed by atoms with Gasteiger partial charge in [-0.15, -0.1) is 0 Å². The number of amides is 2. The van der Waals surface area contributed by atoms with Gasteiger partial charge in [0.1, 0.15) is 11.4 Å². The molecule has 0 bridgehead atoms. The molecule has 2 aliphatic rings. The largest absolute Gasteiger partial charge is 0.359 e. The van der Waals surface area contributed by atoms with Gasteiger partial charge in [-0.1, -0.05) is 24.9 Å². The summed E-state index contributed by atoms with van der Waals surface area (Å²) in [6.45, 7) is 4.74. The fourth-order valence-electron chi connectivity index (χ4n) is 3.66. The topological polar surface area (TPSA) is 58.4 Å². The summed E-state index contributed by atoms with van der Waals surface area (Å²) in [7, 11) is 0. The van der Waals surface area contributed by atoms with Crippen LogP contribution in [0.2, 0.25) is 0 Å². The lowest BCUT2D eigenvalue weighted by Gasteiger charge is -2.31. The molecule has 0 spiro atoms. The molecule has 5 nitrogen and oxygen atoms in total. The highest BCUT2D eigenvalue weighted by Gasteiger charge is 2.38. The fraction of sp³-hybridized carbons (Fsp3) is 0.733. The van der Waals surface area contributed by atoms with E-state index in [0.717, 1.165) is 37.2 Å². The first-order valence-electron chi connectivity index (χ1n) is 7.73. The second-order valence-electron chi connectivity index (χ2n) is 5.94. The molecule has 20 heavy (non-hydrogen) atoms. The van der Waals surface area contributed by atoms with E-state index in [9.17, 15) is 4.79 Å². The Morgan fingerprint density at radius 2 is 2.20 bits per heavy atom. The summed E-state index contributed by atoms with van der Waals surface area (Å²) in [5.74, 6) is 1.40. The van der Waals surface area contributed by atoms with Crippen LogP contribution in [0, 0.1) is 12.8 Å². The number of aromatic nitrogens is 1. The van der Waals surface area contributed by atoms with Gasteiger partial charge in [-0.3, -0.25) is 0 Å². The molecule has 1 saturated heterocycles. The first-order valence-corrected chi connectivity index (χ1v) is 7.73. The van der Waals surface area contributed by atoms with E-state index in [2.05, 4.69) is 10.5 Å².